The summed E-state index contributed by atoms with van der Waals surface area (Å²) in [4.78, 5) is 18.6. The van der Waals surface area contributed by atoms with E-state index in [1.54, 1.807) is 0 Å². The van der Waals surface area contributed by atoms with Crippen molar-refractivity contribution in [3.63, 3.8) is 0 Å². The Labute approximate surface area is 218 Å². The Morgan fingerprint density at radius 3 is 2.61 bits per heavy atom. The van der Waals surface area contributed by atoms with Crippen LogP contribution < -0.4 is 10.1 Å². The minimum absolute atomic E-state index is 0.0556. The Morgan fingerprint density at radius 1 is 1.36 bits per heavy atom. The van der Waals surface area contributed by atoms with Crippen molar-refractivity contribution in [1.29, 1.82) is 0 Å². The lowest BCUT2D eigenvalue weighted by molar-refractivity contribution is -0.189. The molecule has 1 aromatic carbocycles. The van der Waals surface area contributed by atoms with E-state index >= 15 is 0 Å². The predicted molar refractivity (Wildman–Crippen MR) is 126 cm³/mol. The molecule has 2 aliphatic rings. The van der Waals surface area contributed by atoms with E-state index in [1.165, 1.54) is 17.2 Å². The van der Waals surface area contributed by atoms with Gasteiger partial charge < -0.3 is 9.64 Å². The van der Waals surface area contributed by atoms with E-state index < -0.39 is 44.6 Å². The maximum absolute atomic E-state index is 14.6. The first-order valence-electron chi connectivity index (χ1n) is 10.9. The number of sulfone groups is 1. The Balaban J connectivity index is 1.52. The van der Waals surface area contributed by atoms with E-state index in [2.05, 4.69) is 26.2 Å². The average Bonchev–Trinajstić information content (AvgIpc) is 3.24. The van der Waals surface area contributed by atoms with Crippen molar-refractivity contribution in [3.8, 4) is 5.75 Å². The highest BCUT2D eigenvalue weighted by Gasteiger charge is 2.52. The number of alkyl halides is 3. The number of pyridine rings is 1. The second kappa shape index (κ2) is 9.73. The number of ether oxygens (including phenoxy) is 1. The van der Waals surface area contributed by atoms with Crippen molar-refractivity contribution in [1.82, 2.24) is 15.2 Å². The Hall–Kier alpha value is -1.96. The molecule has 2 aromatic rings. The molecule has 1 N–H and O–H groups in total. The van der Waals surface area contributed by atoms with Gasteiger partial charge in [-0.05, 0) is 60.4 Å². The number of benzene rings is 1. The summed E-state index contributed by atoms with van der Waals surface area (Å²) in [6, 6.07) is 4.42. The van der Waals surface area contributed by atoms with Crippen LogP contribution in [-0.4, -0.2) is 61.4 Å². The SMILES string of the molecule is C[C@H](Oc1ccc(S(=O)(=O)C2CCN(C(=O)C3(c4ncc(Br)cc4F)CCN3)C2)c(Cl)c1)C(F)(F)F. The average molecular weight is 615 g/mol. The highest BCUT2D eigenvalue weighted by Crippen LogP contribution is 2.38. The van der Waals surface area contributed by atoms with Gasteiger partial charge in [0.1, 0.15) is 22.8 Å². The van der Waals surface area contributed by atoms with Crippen molar-refractivity contribution in [2.75, 3.05) is 19.6 Å². The van der Waals surface area contributed by atoms with Crippen molar-refractivity contribution < 1.29 is 35.5 Å². The first-order valence-corrected chi connectivity index (χ1v) is 13.6. The minimum Gasteiger partial charge on any atom is -0.481 e. The van der Waals surface area contributed by atoms with Crippen LogP contribution in [0.25, 0.3) is 0 Å². The first kappa shape index (κ1) is 27.1. The van der Waals surface area contributed by atoms with Crippen LogP contribution in [0.3, 0.4) is 0 Å². The van der Waals surface area contributed by atoms with Gasteiger partial charge >= 0.3 is 6.18 Å². The van der Waals surface area contributed by atoms with Crippen LogP contribution in [-0.2, 0) is 20.2 Å². The summed E-state index contributed by atoms with van der Waals surface area (Å²) in [5.74, 6) is -1.37. The molecule has 0 radical (unpaired) electrons. The summed E-state index contributed by atoms with van der Waals surface area (Å²) in [5, 5.41) is 1.68. The molecule has 0 aliphatic carbocycles. The maximum Gasteiger partial charge on any atom is 0.425 e. The molecule has 4 rings (SSSR count). The molecule has 36 heavy (non-hydrogen) atoms. The molecule has 3 heterocycles. The normalized spacial score (nSPS) is 23.3. The molecule has 1 amide bonds. The molecule has 3 atom stereocenters. The third kappa shape index (κ3) is 4.94. The Morgan fingerprint density at radius 2 is 2.06 bits per heavy atom. The molecule has 0 saturated carbocycles. The molecule has 2 fully saturated rings. The zero-order valence-corrected chi connectivity index (χ0v) is 21.9. The van der Waals surface area contributed by atoms with Gasteiger partial charge in [-0.15, -0.1) is 0 Å². The quantitative estimate of drug-likeness (QED) is 0.490. The molecule has 2 unspecified atom stereocenters. The van der Waals surface area contributed by atoms with Gasteiger partial charge in [0.05, 0.1) is 15.2 Å². The van der Waals surface area contributed by atoms with E-state index in [9.17, 15) is 30.8 Å². The zero-order valence-electron chi connectivity index (χ0n) is 18.8. The second-order valence-electron chi connectivity index (χ2n) is 8.67. The lowest BCUT2D eigenvalue weighted by atomic mass is 9.82. The summed E-state index contributed by atoms with van der Waals surface area (Å²) < 4.78 is 84.7. The van der Waals surface area contributed by atoms with Gasteiger partial charge in [0, 0.05) is 29.8 Å². The third-order valence-corrected chi connectivity index (χ3v) is 9.45. The lowest BCUT2D eigenvalue weighted by Crippen LogP contribution is -2.64. The van der Waals surface area contributed by atoms with Gasteiger partial charge in [-0.1, -0.05) is 11.6 Å². The molecular formula is C22H21BrClF4N3O4S. The highest BCUT2D eigenvalue weighted by atomic mass is 79.9. The highest BCUT2D eigenvalue weighted by molar-refractivity contribution is 9.10. The van der Waals surface area contributed by atoms with Crippen molar-refractivity contribution in [3.05, 3.63) is 51.5 Å². The number of hydrogen-bond donors (Lipinski definition) is 1. The number of carbonyl (C=O) groups excluding carboxylic acids is 1. The number of halogens is 6. The van der Waals surface area contributed by atoms with Crippen molar-refractivity contribution >= 4 is 43.3 Å². The number of nitrogens with zero attached hydrogens (tertiary/aromatic N) is 2. The van der Waals surface area contributed by atoms with Gasteiger partial charge in [-0.3, -0.25) is 15.1 Å². The standard InChI is InChI=1S/C22H21BrClF4N3O4S/c1-12(22(26,27)28)35-14-2-3-18(16(24)9-14)36(33,34)15-4-7-31(11-15)20(32)21(5-6-30-21)19-17(25)8-13(23)10-29-19/h2-3,8-10,12,15,30H,4-7,11H2,1H3/t12-,15?,21?/m0/s1. The predicted octanol–water partition coefficient (Wildman–Crippen LogP) is 4.23. The van der Waals surface area contributed by atoms with Gasteiger partial charge in [0.15, 0.2) is 15.9 Å². The first-order chi connectivity index (χ1) is 16.8. The molecule has 14 heteroatoms. The topological polar surface area (TPSA) is 88.6 Å². The van der Waals surface area contributed by atoms with Crippen molar-refractivity contribution in [2.24, 2.45) is 0 Å². The summed E-state index contributed by atoms with van der Waals surface area (Å²) in [7, 11) is -4.04. The molecular weight excluding hydrogens is 594 g/mol. The monoisotopic (exact) mass is 613 g/mol. The number of nitrogens with one attached hydrogen (secondary N) is 1. The fourth-order valence-electron chi connectivity index (χ4n) is 4.26. The van der Waals surface area contributed by atoms with Crippen LogP contribution in [0.1, 0.15) is 25.5 Å². The molecule has 2 saturated heterocycles. The van der Waals surface area contributed by atoms with Crippen LogP contribution >= 0.6 is 27.5 Å². The van der Waals surface area contributed by atoms with E-state index in [4.69, 9.17) is 16.3 Å². The zero-order chi connectivity index (χ0) is 26.5. The largest absolute Gasteiger partial charge is 0.481 e. The molecule has 0 spiro atoms. The summed E-state index contributed by atoms with van der Waals surface area (Å²) in [6.45, 7) is 1.26. The maximum atomic E-state index is 14.6. The molecule has 7 nitrogen and oxygen atoms in total. The number of likely N-dealkylation sites (tertiary alicyclic amines) is 1. The summed E-state index contributed by atoms with van der Waals surface area (Å²) in [5.41, 5.74) is -1.44. The smallest absolute Gasteiger partial charge is 0.425 e. The minimum atomic E-state index is -4.60. The van der Waals surface area contributed by atoms with Crippen molar-refractivity contribution in [2.45, 2.75) is 47.7 Å². The fraction of sp³-hybridized carbons (Fsp3) is 0.455. The van der Waals surface area contributed by atoms with Crippen LogP contribution in [0.4, 0.5) is 17.6 Å². The Kier molecular flexibility index (Phi) is 7.32. The summed E-state index contributed by atoms with van der Waals surface area (Å²) in [6.07, 6.45) is -4.91. The second-order valence-corrected chi connectivity index (χ2v) is 12.2. The number of rotatable bonds is 6. The number of hydrogen-bond acceptors (Lipinski definition) is 6. The van der Waals surface area contributed by atoms with Gasteiger partial charge in [0.25, 0.3) is 0 Å². The number of carbonyl (C=O) groups is 1. The van der Waals surface area contributed by atoms with Crippen LogP contribution in [0.15, 0.2) is 39.8 Å². The van der Waals surface area contributed by atoms with Gasteiger partial charge in [-0.25, -0.2) is 12.8 Å². The van der Waals surface area contributed by atoms with E-state index in [-0.39, 0.29) is 40.9 Å². The summed E-state index contributed by atoms with van der Waals surface area (Å²) >= 11 is 9.25. The lowest BCUT2D eigenvalue weighted by Gasteiger charge is -2.43. The van der Waals surface area contributed by atoms with Gasteiger partial charge in [-0.2, -0.15) is 13.2 Å². The third-order valence-electron chi connectivity index (χ3n) is 6.36. The number of aromatic nitrogens is 1. The van der Waals surface area contributed by atoms with Gasteiger partial charge in [0.2, 0.25) is 5.91 Å². The van der Waals surface area contributed by atoms with E-state index in [0.717, 1.165) is 25.1 Å². The molecule has 2 aliphatic heterocycles. The van der Waals surface area contributed by atoms with Crippen LogP contribution in [0.5, 0.6) is 5.75 Å². The molecule has 196 valence electrons. The Bertz CT molecular complexity index is 1290. The van der Waals surface area contributed by atoms with Crippen LogP contribution in [0, 0.1) is 5.82 Å². The van der Waals surface area contributed by atoms with E-state index in [1.807, 2.05) is 0 Å². The molecule has 0 bridgehead atoms. The van der Waals surface area contributed by atoms with E-state index in [0.29, 0.717) is 17.4 Å². The fourth-order valence-corrected chi connectivity index (χ4v) is 6.80. The molecule has 1 aromatic heterocycles. The number of amides is 1. The van der Waals surface area contributed by atoms with Crippen LogP contribution in [0.2, 0.25) is 5.02 Å².